The summed E-state index contributed by atoms with van der Waals surface area (Å²) in [5.74, 6) is -0.864. The van der Waals surface area contributed by atoms with Gasteiger partial charge in [-0.1, -0.05) is 18.5 Å². The third-order valence-corrected chi connectivity index (χ3v) is 5.34. The van der Waals surface area contributed by atoms with E-state index in [0.717, 1.165) is 28.7 Å². The third kappa shape index (κ3) is 4.13. The zero-order valence-electron chi connectivity index (χ0n) is 15.5. The molecule has 0 amide bonds. The van der Waals surface area contributed by atoms with Gasteiger partial charge in [0, 0.05) is 23.5 Å². The van der Waals surface area contributed by atoms with Gasteiger partial charge in [-0.2, -0.15) is 0 Å². The fourth-order valence-electron chi connectivity index (χ4n) is 2.81. The number of aliphatic carboxylic acids is 1. The van der Waals surface area contributed by atoms with Crippen LogP contribution in [0.5, 0.6) is 0 Å². The summed E-state index contributed by atoms with van der Waals surface area (Å²) in [6.07, 6.45) is 2.26. The van der Waals surface area contributed by atoms with Crippen molar-refractivity contribution in [2.75, 3.05) is 0 Å². The zero-order valence-corrected chi connectivity index (χ0v) is 17.0. The molecule has 28 heavy (non-hydrogen) atoms. The number of aromatic nitrogens is 4. The number of benzene rings is 1. The summed E-state index contributed by atoms with van der Waals surface area (Å²) in [6.45, 7) is 5.68. The van der Waals surface area contributed by atoms with Crippen LogP contribution >= 0.6 is 23.4 Å². The van der Waals surface area contributed by atoms with Crippen LogP contribution in [0.3, 0.4) is 0 Å². The summed E-state index contributed by atoms with van der Waals surface area (Å²) in [5, 5.41) is 16.8. The largest absolute Gasteiger partial charge is 0.477 e. The lowest BCUT2D eigenvalue weighted by Gasteiger charge is -2.10. The van der Waals surface area contributed by atoms with E-state index in [1.165, 1.54) is 12.1 Å². The normalized spacial score (nSPS) is 11.8. The Kier molecular flexibility index (Phi) is 5.90. The predicted octanol–water partition coefficient (Wildman–Crippen LogP) is 4.78. The number of aromatic amines is 1. The minimum atomic E-state index is -1.07. The summed E-state index contributed by atoms with van der Waals surface area (Å²) < 4.78 is 15.4. The highest BCUT2D eigenvalue weighted by Crippen LogP contribution is 2.30. The molecule has 3 aromatic rings. The van der Waals surface area contributed by atoms with Gasteiger partial charge in [-0.05, 0) is 61.5 Å². The average molecular weight is 421 g/mol. The summed E-state index contributed by atoms with van der Waals surface area (Å²) in [7, 11) is 0. The number of H-pyrrole nitrogens is 1. The van der Waals surface area contributed by atoms with Crippen molar-refractivity contribution in [3.63, 3.8) is 0 Å². The van der Waals surface area contributed by atoms with E-state index >= 15 is 0 Å². The number of rotatable bonds is 6. The van der Waals surface area contributed by atoms with Gasteiger partial charge >= 0.3 is 5.97 Å². The van der Waals surface area contributed by atoms with Gasteiger partial charge in [-0.15, -0.1) is 5.10 Å². The summed E-state index contributed by atoms with van der Waals surface area (Å²) in [4.78, 5) is 16.1. The second-order valence-corrected chi connectivity index (χ2v) is 7.51. The number of thioether (sulfide) groups is 1. The molecule has 0 aliphatic carbocycles. The summed E-state index contributed by atoms with van der Waals surface area (Å²) in [5.41, 5.74) is 3.11. The number of aryl methyl sites for hydroxylation is 2. The van der Waals surface area contributed by atoms with Crippen molar-refractivity contribution >= 4 is 35.4 Å². The first-order valence-corrected chi connectivity index (χ1v) is 9.68. The third-order valence-electron chi connectivity index (χ3n) is 4.18. The molecular weight excluding hydrogens is 403 g/mol. The van der Waals surface area contributed by atoms with Gasteiger partial charge in [-0.3, -0.25) is 5.10 Å². The van der Waals surface area contributed by atoms with Crippen molar-refractivity contribution in [3.8, 4) is 5.69 Å². The molecule has 0 saturated heterocycles. The van der Waals surface area contributed by atoms with Crippen molar-refractivity contribution in [1.29, 1.82) is 0 Å². The van der Waals surface area contributed by atoms with Crippen LogP contribution in [-0.2, 0) is 11.2 Å². The Hall–Kier alpha value is -2.58. The second kappa shape index (κ2) is 8.20. The number of carboxylic acids is 1. The van der Waals surface area contributed by atoms with Gasteiger partial charge in [0.2, 0.25) is 5.16 Å². The highest BCUT2D eigenvalue weighted by atomic mass is 35.5. The van der Waals surface area contributed by atoms with E-state index < -0.39 is 11.8 Å². The minimum Gasteiger partial charge on any atom is -0.477 e. The van der Waals surface area contributed by atoms with Gasteiger partial charge in [0.1, 0.15) is 16.5 Å². The molecule has 6 nitrogen and oxygen atoms in total. The first-order chi connectivity index (χ1) is 13.3. The van der Waals surface area contributed by atoms with E-state index in [9.17, 15) is 14.3 Å². The van der Waals surface area contributed by atoms with Crippen LogP contribution in [0.15, 0.2) is 34.3 Å². The van der Waals surface area contributed by atoms with E-state index in [1.807, 2.05) is 31.4 Å². The first-order valence-electron chi connectivity index (χ1n) is 8.48. The van der Waals surface area contributed by atoms with Gasteiger partial charge in [0.25, 0.3) is 0 Å². The van der Waals surface area contributed by atoms with Crippen LogP contribution in [-0.4, -0.2) is 30.8 Å². The maximum absolute atomic E-state index is 13.5. The molecule has 0 atom stereocenters. The van der Waals surface area contributed by atoms with Gasteiger partial charge in [0.15, 0.2) is 0 Å². The van der Waals surface area contributed by atoms with E-state index in [1.54, 1.807) is 12.1 Å². The van der Waals surface area contributed by atoms with Crippen LogP contribution in [0.2, 0.25) is 5.02 Å². The maximum Gasteiger partial charge on any atom is 0.342 e. The average Bonchev–Trinajstić information content (AvgIpc) is 3.21. The first kappa shape index (κ1) is 20.2. The minimum absolute atomic E-state index is 0.0280. The lowest BCUT2D eigenvalue weighted by atomic mass is 10.2. The number of nitrogens with one attached hydrogen (secondary N) is 1. The van der Waals surface area contributed by atoms with Crippen LogP contribution in [0, 0.1) is 19.7 Å². The molecule has 0 saturated carbocycles. The molecule has 2 heterocycles. The standard InChI is InChI=1S/C19H18ClFN4O2S/c1-4-17-22-19(24-23-17)28-16(18(26)27)8-12-7-10(2)25(11(12)3)13-5-6-15(21)14(20)9-13/h5-9H,4H2,1-3H3,(H,26,27)(H,22,23,24)/b16-8-. The van der Waals surface area contributed by atoms with Crippen molar-refractivity contribution in [2.24, 2.45) is 0 Å². The summed E-state index contributed by atoms with van der Waals surface area (Å²) >= 11 is 6.89. The number of nitrogens with zero attached hydrogens (tertiary/aromatic N) is 3. The van der Waals surface area contributed by atoms with Crippen LogP contribution in [0.25, 0.3) is 11.8 Å². The molecule has 0 unspecified atom stereocenters. The highest BCUT2D eigenvalue weighted by Gasteiger charge is 2.17. The topological polar surface area (TPSA) is 83.8 Å². The van der Waals surface area contributed by atoms with Crippen LogP contribution < -0.4 is 0 Å². The van der Waals surface area contributed by atoms with Crippen LogP contribution in [0.1, 0.15) is 29.7 Å². The Morgan fingerprint density at radius 3 is 2.75 bits per heavy atom. The fraction of sp³-hybridized carbons (Fsp3) is 0.211. The summed E-state index contributed by atoms with van der Waals surface area (Å²) in [6, 6.07) is 6.34. The van der Waals surface area contributed by atoms with Gasteiger partial charge in [0.05, 0.1) is 5.02 Å². The maximum atomic E-state index is 13.5. The Morgan fingerprint density at radius 2 is 2.14 bits per heavy atom. The van der Waals surface area contributed by atoms with Crippen molar-refractivity contribution in [2.45, 2.75) is 32.3 Å². The van der Waals surface area contributed by atoms with E-state index in [4.69, 9.17) is 11.6 Å². The molecule has 2 N–H and O–H groups in total. The molecule has 9 heteroatoms. The zero-order chi connectivity index (χ0) is 20.4. The van der Waals surface area contributed by atoms with E-state index in [2.05, 4.69) is 15.2 Å². The Balaban J connectivity index is 1.99. The van der Waals surface area contributed by atoms with Crippen molar-refractivity contribution in [3.05, 3.63) is 62.8 Å². The van der Waals surface area contributed by atoms with Gasteiger partial charge in [-0.25, -0.2) is 14.2 Å². The molecule has 0 aliphatic heterocycles. The van der Waals surface area contributed by atoms with Crippen molar-refractivity contribution < 1.29 is 14.3 Å². The molecule has 1 aromatic carbocycles. The molecule has 0 aliphatic rings. The number of carboxylic acid groups (broad SMARTS) is 1. The molecule has 0 spiro atoms. The molecule has 0 fully saturated rings. The lowest BCUT2D eigenvalue weighted by Crippen LogP contribution is -2.00. The fourth-order valence-corrected chi connectivity index (χ4v) is 3.70. The van der Waals surface area contributed by atoms with E-state index in [-0.39, 0.29) is 9.93 Å². The molecule has 0 bridgehead atoms. The predicted molar refractivity (Wildman–Crippen MR) is 107 cm³/mol. The highest BCUT2D eigenvalue weighted by molar-refractivity contribution is 8.04. The molecule has 2 aromatic heterocycles. The van der Waals surface area contributed by atoms with Crippen LogP contribution in [0.4, 0.5) is 4.39 Å². The Morgan fingerprint density at radius 1 is 1.39 bits per heavy atom. The van der Waals surface area contributed by atoms with E-state index in [0.29, 0.717) is 23.1 Å². The van der Waals surface area contributed by atoms with Gasteiger partial charge < -0.3 is 9.67 Å². The second-order valence-electron chi connectivity index (χ2n) is 6.09. The molecule has 146 valence electrons. The van der Waals surface area contributed by atoms with Crippen molar-refractivity contribution in [1.82, 2.24) is 19.7 Å². The quantitative estimate of drug-likeness (QED) is 0.442. The molecular formula is C19H18ClFN4O2S. The number of carbonyl (C=O) groups is 1. The smallest absolute Gasteiger partial charge is 0.342 e. The number of hydrogen-bond donors (Lipinski definition) is 2. The molecule has 3 rings (SSSR count). The SMILES string of the molecule is CCc1nc(S/C(=C\c2cc(C)n(-c3ccc(F)c(Cl)c3)c2C)C(=O)O)n[nH]1. The lowest BCUT2D eigenvalue weighted by molar-refractivity contribution is -0.131. The number of halogens is 2. The Bertz CT molecular complexity index is 1070. The molecule has 0 radical (unpaired) electrons. The number of hydrogen-bond acceptors (Lipinski definition) is 4. The monoisotopic (exact) mass is 420 g/mol. The Labute approximate surface area is 170 Å².